The van der Waals surface area contributed by atoms with Gasteiger partial charge >= 0.3 is 0 Å². The molecule has 0 atom stereocenters. The molecule has 0 saturated carbocycles. The highest BCUT2D eigenvalue weighted by atomic mass is 127. The first-order chi connectivity index (χ1) is 9.67. The van der Waals surface area contributed by atoms with Crippen molar-refractivity contribution in [1.29, 1.82) is 0 Å². The summed E-state index contributed by atoms with van der Waals surface area (Å²) in [4.78, 5) is 4.30. The van der Waals surface area contributed by atoms with E-state index in [1.807, 2.05) is 32.0 Å². The van der Waals surface area contributed by atoms with Crippen LogP contribution in [0.25, 0.3) is 0 Å². The minimum absolute atomic E-state index is 0. The van der Waals surface area contributed by atoms with Gasteiger partial charge in [0, 0.05) is 19.8 Å². The average Bonchev–Trinajstić information content (AvgIpc) is 2.46. The highest BCUT2D eigenvalue weighted by molar-refractivity contribution is 14.0. The van der Waals surface area contributed by atoms with E-state index in [1.54, 1.807) is 7.11 Å². The van der Waals surface area contributed by atoms with Crippen molar-refractivity contribution in [3.63, 3.8) is 0 Å². The molecule has 1 aromatic carbocycles. The van der Waals surface area contributed by atoms with E-state index in [-0.39, 0.29) is 24.0 Å². The summed E-state index contributed by atoms with van der Waals surface area (Å²) in [6.45, 7) is 6.80. The fourth-order valence-electron chi connectivity index (χ4n) is 1.73. The molecule has 120 valence electrons. The van der Waals surface area contributed by atoms with Gasteiger partial charge in [-0.3, -0.25) is 0 Å². The number of guanidine groups is 1. The molecular weight excluding hydrogens is 381 g/mol. The van der Waals surface area contributed by atoms with E-state index in [2.05, 4.69) is 10.3 Å². The molecule has 0 aliphatic rings. The van der Waals surface area contributed by atoms with Crippen LogP contribution in [0.4, 0.5) is 0 Å². The third-order valence-corrected chi connectivity index (χ3v) is 2.88. The number of hydrogen-bond donors (Lipinski definition) is 2. The molecule has 0 heterocycles. The van der Waals surface area contributed by atoms with Crippen molar-refractivity contribution in [2.24, 2.45) is 10.7 Å². The number of nitrogens with one attached hydrogen (secondary N) is 1. The summed E-state index contributed by atoms with van der Waals surface area (Å²) < 4.78 is 10.5. The van der Waals surface area contributed by atoms with Crippen molar-refractivity contribution >= 4 is 29.9 Å². The van der Waals surface area contributed by atoms with Crippen molar-refractivity contribution in [3.05, 3.63) is 29.3 Å². The van der Waals surface area contributed by atoms with Crippen LogP contribution < -0.4 is 15.8 Å². The van der Waals surface area contributed by atoms with Crippen molar-refractivity contribution in [1.82, 2.24) is 5.32 Å². The molecule has 0 amide bonds. The van der Waals surface area contributed by atoms with E-state index >= 15 is 0 Å². The van der Waals surface area contributed by atoms with Crippen LogP contribution >= 0.6 is 24.0 Å². The molecule has 0 saturated heterocycles. The number of benzene rings is 1. The van der Waals surface area contributed by atoms with Crippen LogP contribution in [0.2, 0.25) is 0 Å². The second-order valence-corrected chi connectivity index (χ2v) is 4.48. The topological polar surface area (TPSA) is 68.9 Å². The van der Waals surface area contributed by atoms with Crippen molar-refractivity contribution in [2.45, 2.75) is 26.8 Å². The Morgan fingerprint density at radius 2 is 2.14 bits per heavy atom. The second-order valence-electron chi connectivity index (χ2n) is 4.48. The summed E-state index contributed by atoms with van der Waals surface area (Å²) in [6.07, 6.45) is 0.919. The largest absolute Gasteiger partial charge is 0.496 e. The third-order valence-electron chi connectivity index (χ3n) is 2.88. The summed E-state index contributed by atoms with van der Waals surface area (Å²) >= 11 is 0. The zero-order chi connectivity index (χ0) is 14.8. The molecule has 0 bridgehead atoms. The minimum Gasteiger partial charge on any atom is -0.496 e. The molecule has 0 unspecified atom stereocenters. The number of halogens is 1. The predicted octanol–water partition coefficient (Wildman–Crippen LogP) is 2.45. The Labute approximate surface area is 144 Å². The monoisotopic (exact) mass is 407 g/mol. The van der Waals surface area contributed by atoms with Crippen molar-refractivity contribution in [3.8, 4) is 5.75 Å². The highest BCUT2D eigenvalue weighted by Gasteiger charge is 2.00. The Morgan fingerprint density at radius 3 is 2.81 bits per heavy atom. The minimum atomic E-state index is 0. The summed E-state index contributed by atoms with van der Waals surface area (Å²) in [5.74, 6) is 1.34. The van der Waals surface area contributed by atoms with Crippen LogP contribution in [0.3, 0.4) is 0 Å². The van der Waals surface area contributed by atoms with Gasteiger partial charge in [-0.1, -0.05) is 12.1 Å². The summed E-state index contributed by atoms with van der Waals surface area (Å²) in [5.41, 5.74) is 7.99. The Morgan fingerprint density at radius 1 is 1.38 bits per heavy atom. The summed E-state index contributed by atoms with van der Waals surface area (Å²) in [6, 6.07) is 6.04. The molecular formula is C15H26IN3O2. The Hall–Kier alpha value is -1.02. The van der Waals surface area contributed by atoms with Gasteiger partial charge in [-0.25, -0.2) is 4.99 Å². The molecule has 21 heavy (non-hydrogen) atoms. The number of aliphatic imine (C=N–C) groups is 1. The van der Waals surface area contributed by atoms with Gasteiger partial charge in [0.15, 0.2) is 5.96 Å². The van der Waals surface area contributed by atoms with Gasteiger partial charge in [-0.2, -0.15) is 0 Å². The third kappa shape index (κ3) is 8.11. The van der Waals surface area contributed by atoms with Gasteiger partial charge in [0.1, 0.15) is 5.75 Å². The zero-order valence-electron chi connectivity index (χ0n) is 13.0. The fraction of sp³-hybridized carbons (Fsp3) is 0.533. The number of methoxy groups -OCH3 is 1. The second kappa shape index (κ2) is 11.6. The molecule has 0 aliphatic carbocycles. The lowest BCUT2D eigenvalue weighted by molar-refractivity contribution is 0.145. The van der Waals surface area contributed by atoms with Crippen LogP contribution in [0.15, 0.2) is 23.2 Å². The molecule has 0 aliphatic heterocycles. The maximum absolute atomic E-state index is 5.80. The van der Waals surface area contributed by atoms with Crippen LogP contribution in [0.1, 0.15) is 24.5 Å². The van der Waals surface area contributed by atoms with Crippen LogP contribution in [0, 0.1) is 6.92 Å². The zero-order valence-corrected chi connectivity index (χ0v) is 15.3. The molecule has 0 radical (unpaired) electrons. The van der Waals surface area contributed by atoms with Crippen molar-refractivity contribution in [2.75, 3.05) is 26.9 Å². The van der Waals surface area contributed by atoms with Gasteiger partial charge in [-0.15, -0.1) is 24.0 Å². The van der Waals surface area contributed by atoms with Crippen LogP contribution in [0.5, 0.6) is 5.75 Å². The standard InChI is InChI=1S/C15H25N3O2.HI/c1-4-20-9-5-8-17-15(16)18-11-13-7-6-12(2)14(10-13)19-3;/h6-7,10H,4-5,8-9,11H2,1-3H3,(H3,16,17,18);1H. The average molecular weight is 407 g/mol. The van der Waals surface area contributed by atoms with Crippen molar-refractivity contribution < 1.29 is 9.47 Å². The Bertz CT molecular complexity index is 439. The molecule has 1 rings (SSSR count). The fourth-order valence-corrected chi connectivity index (χ4v) is 1.73. The molecule has 3 N–H and O–H groups in total. The van der Waals surface area contributed by atoms with Crippen LogP contribution in [-0.2, 0) is 11.3 Å². The first-order valence-corrected chi connectivity index (χ1v) is 6.92. The van der Waals surface area contributed by atoms with E-state index in [1.165, 1.54) is 0 Å². The molecule has 0 aromatic heterocycles. The van der Waals surface area contributed by atoms with E-state index in [0.717, 1.165) is 43.1 Å². The van der Waals surface area contributed by atoms with Crippen LogP contribution in [-0.4, -0.2) is 32.8 Å². The first kappa shape index (κ1) is 20.0. The lowest BCUT2D eigenvalue weighted by Gasteiger charge is -2.08. The number of ether oxygens (including phenoxy) is 2. The lowest BCUT2D eigenvalue weighted by Crippen LogP contribution is -2.32. The number of rotatable bonds is 8. The maximum Gasteiger partial charge on any atom is 0.188 e. The molecule has 0 spiro atoms. The number of hydrogen-bond acceptors (Lipinski definition) is 3. The van der Waals surface area contributed by atoms with Gasteiger partial charge in [0.25, 0.3) is 0 Å². The van der Waals surface area contributed by atoms with E-state index in [9.17, 15) is 0 Å². The molecule has 6 heteroatoms. The lowest BCUT2D eigenvalue weighted by atomic mass is 10.1. The van der Waals surface area contributed by atoms with Gasteiger partial charge in [0.2, 0.25) is 0 Å². The molecule has 0 fully saturated rings. The van der Waals surface area contributed by atoms with E-state index < -0.39 is 0 Å². The normalized spacial score (nSPS) is 10.9. The highest BCUT2D eigenvalue weighted by Crippen LogP contribution is 2.19. The van der Waals surface area contributed by atoms with Gasteiger partial charge in [-0.05, 0) is 37.5 Å². The predicted molar refractivity (Wildman–Crippen MR) is 97.6 cm³/mol. The van der Waals surface area contributed by atoms with Gasteiger partial charge in [0.05, 0.1) is 13.7 Å². The number of aryl methyl sites for hydroxylation is 1. The maximum atomic E-state index is 5.80. The summed E-state index contributed by atoms with van der Waals surface area (Å²) in [5, 5.41) is 3.07. The van der Waals surface area contributed by atoms with Gasteiger partial charge < -0.3 is 20.5 Å². The summed E-state index contributed by atoms with van der Waals surface area (Å²) in [7, 11) is 1.67. The smallest absolute Gasteiger partial charge is 0.188 e. The number of nitrogens with zero attached hydrogens (tertiary/aromatic N) is 1. The van der Waals surface area contributed by atoms with E-state index in [4.69, 9.17) is 15.2 Å². The molecule has 5 nitrogen and oxygen atoms in total. The SMILES string of the molecule is CCOCCCNC(N)=NCc1ccc(C)c(OC)c1.I. The Balaban J connectivity index is 0.00000400. The molecule has 1 aromatic rings. The number of nitrogens with two attached hydrogens (primary N) is 1. The quantitative estimate of drug-likeness (QED) is 0.301. The first-order valence-electron chi connectivity index (χ1n) is 6.92. The Kier molecular flexibility index (Phi) is 11.1. The van der Waals surface area contributed by atoms with E-state index in [0.29, 0.717) is 12.5 Å².